The van der Waals surface area contributed by atoms with E-state index in [-0.39, 0.29) is 0 Å². The summed E-state index contributed by atoms with van der Waals surface area (Å²) in [6.45, 7) is 0.644. The molecule has 0 spiro atoms. The molecule has 0 unspecified atom stereocenters. The van der Waals surface area contributed by atoms with Crippen LogP contribution in [0.1, 0.15) is 31.2 Å². The van der Waals surface area contributed by atoms with E-state index in [0.717, 1.165) is 35.7 Å². The second-order valence-corrected chi connectivity index (χ2v) is 5.44. The maximum atomic E-state index is 6.18. The van der Waals surface area contributed by atoms with Crippen molar-refractivity contribution in [1.82, 2.24) is 9.97 Å². The van der Waals surface area contributed by atoms with Crippen LogP contribution in [0, 0.1) is 0 Å². The normalized spacial score (nSPS) is 14.8. The predicted molar refractivity (Wildman–Crippen MR) is 85.2 cm³/mol. The standard InChI is InChI=1S/C17H21N3O2/c1-21-15-7-6-13(11-20-17-12-18-8-9-19-17)16(10-15)22-14-4-2-3-5-14/h6-10,12,14H,2-5,11H2,1H3,(H,19,20). The fraction of sp³-hybridized carbons (Fsp3) is 0.412. The SMILES string of the molecule is COc1ccc(CNc2cnccn2)c(OC2CCCC2)c1. The van der Waals surface area contributed by atoms with Gasteiger partial charge in [-0.05, 0) is 37.8 Å². The van der Waals surface area contributed by atoms with E-state index in [9.17, 15) is 0 Å². The van der Waals surface area contributed by atoms with Crippen molar-refractivity contribution in [3.05, 3.63) is 42.4 Å². The fourth-order valence-electron chi connectivity index (χ4n) is 2.68. The highest BCUT2D eigenvalue weighted by Crippen LogP contribution is 2.30. The number of benzene rings is 1. The Hall–Kier alpha value is -2.30. The number of methoxy groups -OCH3 is 1. The molecule has 0 aliphatic heterocycles. The number of hydrogen-bond acceptors (Lipinski definition) is 5. The zero-order valence-electron chi connectivity index (χ0n) is 12.8. The van der Waals surface area contributed by atoms with Gasteiger partial charge >= 0.3 is 0 Å². The zero-order chi connectivity index (χ0) is 15.2. The number of ether oxygens (including phenoxy) is 2. The van der Waals surface area contributed by atoms with Gasteiger partial charge in [0.2, 0.25) is 0 Å². The summed E-state index contributed by atoms with van der Waals surface area (Å²) in [5.74, 6) is 2.46. The van der Waals surface area contributed by atoms with Gasteiger partial charge in [0.05, 0.1) is 19.4 Å². The molecule has 0 saturated heterocycles. The van der Waals surface area contributed by atoms with Gasteiger partial charge in [-0.25, -0.2) is 4.98 Å². The van der Waals surface area contributed by atoms with E-state index in [4.69, 9.17) is 9.47 Å². The van der Waals surface area contributed by atoms with Gasteiger partial charge in [-0.15, -0.1) is 0 Å². The van der Waals surface area contributed by atoms with Gasteiger partial charge in [-0.2, -0.15) is 0 Å². The lowest BCUT2D eigenvalue weighted by molar-refractivity contribution is 0.207. The van der Waals surface area contributed by atoms with Crippen LogP contribution < -0.4 is 14.8 Å². The van der Waals surface area contributed by atoms with Crippen molar-refractivity contribution in [2.45, 2.75) is 38.3 Å². The first kappa shape index (κ1) is 14.6. The Morgan fingerprint density at radius 1 is 1.23 bits per heavy atom. The van der Waals surface area contributed by atoms with E-state index >= 15 is 0 Å². The molecule has 1 saturated carbocycles. The third-order valence-electron chi connectivity index (χ3n) is 3.89. The van der Waals surface area contributed by atoms with E-state index in [1.54, 1.807) is 25.7 Å². The van der Waals surface area contributed by atoms with E-state index in [2.05, 4.69) is 15.3 Å². The number of nitrogens with zero attached hydrogens (tertiary/aromatic N) is 2. The molecule has 22 heavy (non-hydrogen) atoms. The molecule has 2 aromatic rings. The highest BCUT2D eigenvalue weighted by atomic mass is 16.5. The summed E-state index contributed by atoms with van der Waals surface area (Å²) in [6.07, 6.45) is 10.1. The van der Waals surface area contributed by atoms with Gasteiger partial charge in [-0.3, -0.25) is 4.98 Å². The molecule has 0 atom stereocenters. The number of rotatable bonds is 6. The molecule has 1 aliphatic rings. The van der Waals surface area contributed by atoms with Crippen molar-refractivity contribution in [3.63, 3.8) is 0 Å². The van der Waals surface area contributed by atoms with Crippen molar-refractivity contribution >= 4 is 5.82 Å². The number of nitrogens with one attached hydrogen (secondary N) is 1. The van der Waals surface area contributed by atoms with Crippen LogP contribution in [0.5, 0.6) is 11.5 Å². The molecule has 1 fully saturated rings. The summed E-state index contributed by atoms with van der Waals surface area (Å²) >= 11 is 0. The van der Waals surface area contributed by atoms with Crippen molar-refractivity contribution in [1.29, 1.82) is 0 Å². The van der Waals surface area contributed by atoms with Crippen LogP contribution in [-0.2, 0) is 6.54 Å². The average molecular weight is 299 g/mol. The first-order valence-electron chi connectivity index (χ1n) is 7.68. The second-order valence-electron chi connectivity index (χ2n) is 5.44. The van der Waals surface area contributed by atoms with Crippen molar-refractivity contribution in [2.24, 2.45) is 0 Å². The van der Waals surface area contributed by atoms with E-state index in [0.29, 0.717) is 12.6 Å². The maximum absolute atomic E-state index is 6.18. The summed E-state index contributed by atoms with van der Waals surface area (Å²) in [4.78, 5) is 8.28. The van der Waals surface area contributed by atoms with Crippen LogP contribution in [-0.4, -0.2) is 23.2 Å². The molecular formula is C17H21N3O2. The van der Waals surface area contributed by atoms with E-state index in [1.165, 1.54) is 12.8 Å². The van der Waals surface area contributed by atoms with Crippen LogP contribution in [0.25, 0.3) is 0 Å². The molecule has 1 aromatic carbocycles. The zero-order valence-corrected chi connectivity index (χ0v) is 12.8. The van der Waals surface area contributed by atoms with Crippen LogP contribution in [0.15, 0.2) is 36.8 Å². The molecule has 1 aliphatic carbocycles. The lowest BCUT2D eigenvalue weighted by Crippen LogP contribution is -2.13. The van der Waals surface area contributed by atoms with Gasteiger partial charge in [0.15, 0.2) is 0 Å². The third kappa shape index (κ3) is 3.67. The minimum atomic E-state index is 0.322. The Morgan fingerprint density at radius 3 is 2.82 bits per heavy atom. The summed E-state index contributed by atoms with van der Waals surface area (Å²) in [5.41, 5.74) is 1.10. The molecule has 5 nitrogen and oxygen atoms in total. The Labute approximate surface area is 130 Å². The van der Waals surface area contributed by atoms with Gasteiger partial charge in [0.25, 0.3) is 0 Å². The Kier molecular flexibility index (Phi) is 4.73. The maximum Gasteiger partial charge on any atom is 0.144 e. The predicted octanol–water partition coefficient (Wildman–Crippen LogP) is 3.42. The lowest BCUT2D eigenvalue weighted by atomic mass is 10.1. The summed E-state index contributed by atoms with van der Waals surface area (Å²) < 4.78 is 11.5. The summed E-state index contributed by atoms with van der Waals surface area (Å²) in [6, 6.07) is 5.95. The minimum absolute atomic E-state index is 0.322. The molecular weight excluding hydrogens is 278 g/mol. The average Bonchev–Trinajstić information content (AvgIpc) is 3.07. The van der Waals surface area contributed by atoms with Crippen molar-refractivity contribution in [3.8, 4) is 11.5 Å². The Balaban J connectivity index is 1.73. The number of anilines is 1. The molecule has 116 valence electrons. The second kappa shape index (κ2) is 7.11. The minimum Gasteiger partial charge on any atom is -0.497 e. The molecule has 0 bridgehead atoms. The molecule has 1 N–H and O–H groups in total. The molecule has 0 radical (unpaired) electrons. The molecule has 1 heterocycles. The first-order valence-corrected chi connectivity index (χ1v) is 7.68. The molecule has 1 aromatic heterocycles. The number of hydrogen-bond donors (Lipinski definition) is 1. The first-order chi connectivity index (χ1) is 10.8. The number of aromatic nitrogens is 2. The Bertz CT molecular complexity index is 598. The summed E-state index contributed by atoms with van der Waals surface area (Å²) in [5, 5.41) is 3.27. The highest BCUT2D eigenvalue weighted by molar-refractivity contribution is 5.43. The van der Waals surface area contributed by atoms with Gasteiger partial charge in [0, 0.05) is 30.6 Å². The van der Waals surface area contributed by atoms with Crippen molar-refractivity contribution < 1.29 is 9.47 Å². The molecule has 0 amide bonds. The topological polar surface area (TPSA) is 56.3 Å². The van der Waals surface area contributed by atoms with E-state index in [1.807, 2.05) is 18.2 Å². The lowest BCUT2D eigenvalue weighted by Gasteiger charge is -2.18. The fourth-order valence-corrected chi connectivity index (χ4v) is 2.68. The monoisotopic (exact) mass is 299 g/mol. The van der Waals surface area contributed by atoms with Crippen LogP contribution >= 0.6 is 0 Å². The molecule has 3 rings (SSSR count). The van der Waals surface area contributed by atoms with Crippen molar-refractivity contribution in [2.75, 3.05) is 12.4 Å². The van der Waals surface area contributed by atoms with Gasteiger partial charge < -0.3 is 14.8 Å². The van der Waals surface area contributed by atoms with Gasteiger partial charge in [-0.1, -0.05) is 0 Å². The molecule has 5 heteroatoms. The largest absolute Gasteiger partial charge is 0.497 e. The van der Waals surface area contributed by atoms with Crippen LogP contribution in [0.3, 0.4) is 0 Å². The summed E-state index contributed by atoms with van der Waals surface area (Å²) in [7, 11) is 1.67. The quantitative estimate of drug-likeness (QED) is 0.885. The van der Waals surface area contributed by atoms with Crippen LogP contribution in [0.2, 0.25) is 0 Å². The highest BCUT2D eigenvalue weighted by Gasteiger charge is 2.18. The Morgan fingerprint density at radius 2 is 2.09 bits per heavy atom. The van der Waals surface area contributed by atoms with Gasteiger partial charge in [0.1, 0.15) is 17.3 Å². The smallest absolute Gasteiger partial charge is 0.144 e. The van der Waals surface area contributed by atoms with Crippen LogP contribution in [0.4, 0.5) is 5.82 Å². The van der Waals surface area contributed by atoms with E-state index < -0.39 is 0 Å². The third-order valence-corrected chi connectivity index (χ3v) is 3.89.